The van der Waals surface area contributed by atoms with Gasteiger partial charge in [-0.3, -0.25) is 0 Å². The van der Waals surface area contributed by atoms with Crippen molar-refractivity contribution in [3.8, 4) is 17.2 Å². The normalized spacial score (nSPS) is 14.5. The number of fused-ring (bicyclic) bond motifs is 1. The molecule has 0 spiro atoms. The molecule has 0 aliphatic carbocycles. The zero-order chi connectivity index (χ0) is 16.9. The summed E-state index contributed by atoms with van der Waals surface area (Å²) in [6, 6.07) is 12.3. The van der Waals surface area contributed by atoms with Crippen molar-refractivity contribution in [3.63, 3.8) is 0 Å². The lowest BCUT2D eigenvalue weighted by molar-refractivity contribution is 0.0511. The van der Waals surface area contributed by atoms with Gasteiger partial charge < -0.3 is 19.0 Å². The van der Waals surface area contributed by atoms with E-state index in [2.05, 4.69) is 5.16 Å². The summed E-state index contributed by atoms with van der Waals surface area (Å²) in [6.45, 7) is 0.464. The predicted octanol–water partition coefficient (Wildman–Crippen LogP) is 3.05. The smallest absolute Gasteiger partial charge is 0.369 e. The van der Waals surface area contributed by atoms with Crippen LogP contribution in [0.1, 0.15) is 22.3 Å². The number of para-hydroxylation sites is 1. The van der Waals surface area contributed by atoms with Crippen LogP contribution < -0.4 is 14.2 Å². The molecule has 3 rings (SSSR count). The molecule has 0 saturated heterocycles. The van der Waals surface area contributed by atoms with E-state index in [9.17, 15) is 4.79 Å². The molecule has 2 aromatic carbocycles. The number of carbonyl (C=O) groups excluding carboxylic acids is 1. The van der Waals surface area contributed by atoms with Gasteiger partial charge in [0.1, 0.15) is 22.8 Å². The summed E-state index contributed by atoms with van der Waals surface area (Å²) in [6.07, 6.45) is 0.554. The topological polar surface area (TPSA) is 66.3 Å². The molecule has 24 heavy (non-hydrogen) atoms. The van der Waals surface area contributed by atoms with Gasteiger partial charge in [0.05, 0.1) is 26.5 Å². The summed E-state index contributed by atoms with van der Waals surface area (Å²) in [4.78, 5) is 17.3. The van der Waals surface area contributed by atoms with E-state index >= 15 is 0 Å². The Morgan fingerprint density at radius 3 is 2.75 bits per heavy atom. The molecule has 0 unspecified atom stereocenters. The second kappa shape index (κ2) is 7.04. The molecular formula is C18H17NO5. The Kier molecular flexibility index (Phi) is 4.65. The predicted molar refractivity (Wildman–Crippen MR) is 88.1 cm³/mol. The van der Waals surface area contributed by atoms with Gasteiger partial charge in [0.25, 0.3) is 0 Å². The summed E-state index contributed by atoms with van der Waals surface area (Å²) < 4.78 is 15.9. The third kappa shape index (κ3) is 3.17. The standard InChI is InChI=1S/C18H17NO5/c1-21-12-7-8-13-15(9-10-23-17(13)11-12)19-24-18(20)14-5-3-4-6-16(14)22-2/h3-8,11H,9-10H2,1-2H3/b19-15+. The molecule has 1 aliphatic rings. The second-order valence-corrected chi connectivity index (χ2v) is 5.08. The minimum absolute atomic E-state index is 0.325. The first kappa shape index (κ1) is 15.9. The van der Waals surface area contributed by atoms with E-state index in [0.717, 1.165) is 5.56 Å². The molecule has 2 aromatic rings. The molecule has 0 aromatic heterocycles. The Morgan fingerprint density at radius 2 is 1.96 bits per heavy atom. The lowest BCUT2D eigenvalue weighted by atomic mass is 10.0. The van der Waals surface area contributed by atoms with Crippen LogP contribution in [0.3, 0.4) is 0 Å². The summed E-state index contributed by atoms with van der Waals surface area (Å²) in [5.41, 5.74) is 1.77. The molecule has 0 N–H and O–H groups in total. The third-order valence-corrected chi connectivity index (χ3v) is 3.66. The Balaban J connectivity index is 1.82. The molecule has 0 bridgehead atoms. The highest BCUT2D eigenvalue weighted by molar-refractivity contribution is 6.04. The molecule has 0 fully saturated rings. The Bertz CT molecular complexity index is 785. The zero-order valence-electron chi connectivity index (χ0n) is 13.4. The Hall–Kier alpha value is -3.02. The van der Waals surface area contributed by atoms with Crippen molar-refractivity contribution in [2.45, 2.75) is 6.42 Å². The van der Waals surface area contributed by atoms with Crippen LogP contribution in [0, 0.1) is 0 Å². The maximum atomic E-state index is 12.2. The van der Waals surface area contributed by atoms with Crippen LogP contribution in [0.5, 0.6) is 17.2 Å². The summed E-state index contributed by atoms with van der Waals surface area (Å²) in [5, 5.41) is 4.02. The van der Waals surface area contributed by atoms with Gasteiger partial charge in [-0.2, -0.15) is 0 Å². The minimum Gasteiger partial charge on any atom is -0.497 e. The lowest BCUT2D eigenvalue weighted by Gasteiger charge is -2.19. The van der Waals surface area contributed by atoms with E-state index in [0.29, 0.717) is 41.6 Å². The van der Waals surface area contributed by atoms with Crippen LogP contribution in [0.15, 0.2) is 47.6 Å². The van der Waals surface area contributed by atoms with Crippen LogP contribution >= 0.6 is 0 Å². The molecule has 124 valence electrons. The Labute approximate surface area is 139 Å². The van der Waals surface area contributed by atoms with Crippen molar-refractivity contribution in [1.29, 1.82) is 0 Å². The fourth-order valence-electron chi connectivity index (χ4n) is 2.43. The number of rotatable bonds is 4. The van der Waals surface area contributed by atoms with Gasteiger partial charge in [0.2, 0.25) is 0 Å². The number of nitrogens with zero attached hydrogens (tertiary/aromatic N) is 1. The van der Waals surface area contributed by atoms with Crippen molar-refractivity contribution in [2.24, 2.45) is 5.16 Å². The van der Waals surface area contributed by atoms with Gasteiger partial charge in [-0.15, -0.1) is 0 Å². The third-order valence-electron chi connectivity index (χ3n) is 3.66. The first-order chi connectivity index (χ1) is 11.7. The Morgan fingerprint density at radius 1 is 1.12 bits per heavy atom. The van der Waals surface area contributed by atoms with Crippen LogP contribution in [0.25, 0.3) is 0 Å². The molecule has 0 saturated carbocycles. The van der Waals surface area contributed by atoms with Crippen molar-refractivity contribution in [3.05, 3.63) is 53.6 Å². The molecule has 1 aliphatic heterocycles. The fourth-order valence-corrected chi connectivity index (χ4v) is 2.43. The number of methoxy groups -OCH3 is 2. The van der Waals surface area contributed by atoms with Gasteiger partial charge in [0.15, 0.2) is 0 Å². The van der Waals surface area contributed by atoms with E-state index in [4.69, 9.17) is 19.0 Å². The monoisotopic (exact) mass is 327 g/mol. The van der Waals surface area contributed by atoms with E-state index in [1.54, 1.807) is 37.4 Å². The SMILES string of the molecule is COc1ccc2c(c1)OCC/C2=N\OC(=O)c1ccccc1OC. The first-order valence-corrected chi connectivity index (χ1v) is 7.45. The van der Waals surface area contributed by atoms with E-state index in [-0.39, 0.29) is 0 Å². The largest absolute Gasteiger partial charge is 0.497 e. The van der Waals surface area contributed by atoms with Crippen LogP contribution in [0.4, 0.5) is 0 Å². The highest BCUT2D eigenvalue weighted by Gasteiger charge is 2.20. The molecule has 0 amide bonds. The average molecular weight is 327 g/mol. The van der Waals surface area contributed by atoms with Gasteiger partial charge in [-0.1, -0.05) is 17.3 Å². The van der Waals surface area contributed by atoms with Crippen molar-refractivity contribution in [2.75, 3.05) is 20.8 Å². The summed E-state index contributed by atoms with van der Waals surface area (Å²) in [7, 11) is 3.09. The highest BCUT2D eigenvalue weighted by atomic mass is 16.7. The summed E-state index contributed by atoms with van der Waals surface area (Å²) >= 11 is 0. The van der Waals surface area contributed by atoms with Gasteiger partial charge >= 0.3 is 5.97 Å². The lowest BCUT2D eigenvalue weighted by Crippen LogP contribution is -2.17. The maximum Gasteiger partial charge on any atom is 0.369 e. The maximum absolute atomic E-state index is 12.2. The quantitative estimate of drug-likeness (QED) is 0.638. The number of hydrogen-bond donors (Lipinski definition) is 0. The number of oxime groups is 1. The second-order valence-electron chi connectivity index (χ2n) is 5.08. The van der Waals surface area contributed by atoms with Crippen molar-refractivity contribution >= 4 is 11.7 Å². The number of carbonyl (C=O) groups is 1. The van der Waals surface area contributed by atoms with E-state index < -0.39 is 5.97 Å². The zero-order valence-corrected chi connectivity index (χ0v) is 13.4. The fraction of sp³-hybridized carbons (Fsp3) is 0.222. The molecule has 6 heteroatoms. The number of ether oxygens (including phenoxy) is 3. The highest BCUT2D eigenvalue weighted by Crippen LogP contribution is 2.29. The minimum atomic E-state index is -0.568. The van der Waals surface area contributed by atoms with Crippen molar-refractivity contribution < 1.29 is 23.8 Å². The molecular weight excluding hydrogens is 310 g/mol. The molecule has 1 heterocycles. The van der Waals surface area contributed by atoms with Crippen LogP contribution in [-0.2, 0) is 4.84 Å². The van der Waals surface area contributed by atoms with E-state index in [1.165, 1.54) is 7.11 Å². The number of benzene rings is 2. The van der Waals surface area contributed by atoms with Gasteiger partial charge in [-0.05, 0) is 24.3 Å². The number of hydrogen-bond acceptors (Lipinski definition) is 6. The molecule has 0 atom stereocenters. The van der Waals surface area contributed by atoms with E-state index in [1.807, 2.05) is 12.1 Å². The van der Waals surface area contributed by atoms with Gasteiger partial charge in [-0.25, -0.2) is 4.79 Å². The van der Waals surface area contributed by atoms with Crippen LogP contribution in [-0.4, -0.2) is 32.5 Å². The van der Waals surface area contributed by atoms with Gasteiger partial charge in [0, 0.05) is 18.1 Å². The summed E-state index contributed by atoms with van der Waals surface area (Å²) in [5.74, 6) is 1.23. The average Bonchev–Trinajstić information content (AvgIpc) is 2.65. The first-order valence-electron chi connectivity index (χ1n) is 7.45. The molecule has 0 radical (unpaired) electrons. The van der Waals surface area contributed by atoms with Crippen LogP contribution in [0.2, 0.25) is 0 Å². The van der Waals surface area contributed by atoms with Crippen molar-refractivity contribution in [1.82, 2.24) is 0 Å². The molecule has 6 nitrogen and oxygen atoms in total.